The third-order valence-electron chi connectivity index (χ3n) is 3.39. The Labute approximate surface area is 175 Å². The van der Waals surface area contributed by atoms with Gasteiger partial charge in [0.05, 0.1) is 12.6 Å². The number of nitrogens with one attached hydrogen (secondary N) is 2. The Bertz CT molecular complexity index is 554. The lowest BCUT2D eigenvalue weighted by atomic mass is 9.81. The van der Waals surface area contributed by atoms with Gasteiger partial charge in [0.15, 0.2) is 0 Å². The molecule has 0 heterocycles. The SMILES string of the molecule is C=C(C)C[C@H](N)C(=O)NCC(=O)NCC(C)(C)CC(C)(C)ON=C(N)N.CCC. The first-order valence-electron chi connectivity index (χ1n) is 9.87. The Kier molecular flexibility index (Phi) is 13.8. The lowest BCUT2D eigenvalue weighted by Crippen LogP contribution is -2.46. The van der Waals surface area contributed by atoms with Crippen molar-refractivity contribution in [2.45, 2.75) is 79.4 Å². The van der Waals surface area contributed by atoms with Gasteiger partial charge in [0.1, 0.15) is 5.60 Å². The van der Waals surface area contributed by atoms with Gasteiger partial charge in [-0.3, -0.25) is 9.59 Å². The largest absolute Gasteiger partial charge is 0.387 e. The molecule has 0 rings (SSSR count). The van der Waals surface area contributed by atoms with E-state index in [1.54, 1.807) is 6.92 Å². The molecule has 0 aliphatic heterocycles. The lowest BCUT2D eigenvalue weighted by molar-refractivity contribution is -0.127. The van der Waals surface area contributed by atoms with Crippen molar-refractivity contribution >= 4 is 17.8 Å². The van der Waals surface area contributed by atoms with Crippen LogP contribution in [0.2, 0.25) is 0 Å². The standard InChI is InChI=1S/C17H34N6O3.C3H8/c1-11(2)7-12(18)14(25)21-8-13(24)22-10-16(3,4)9-17(5,6)26-23-15(19)20;1-3-2/h12H,1,7-10,18H2,2-6H3,(H,21,25)(H,22,24)(H4,19,20,23);3H2,1-2H3/t12-;/m0./s1. The van der Waals surface area contributed by atoms with Crippen molar-refractivity contribution in [2.24, 2.45) is 27.8 Å². The molecule has 0 aromatic heterocycles. The quantitative estimate of drug-likeness (QED) is 0.148. The average molecular weight is 415 g/mol. The lowest BCUT2D eigenvalue weighted by Gasteiger charge is -2.33. The second-order valence-electron chi connectivity index (χ2n) is 8.68. The molecule has 0 aromatic rings. The summed E-state index contributed by atoms with van der Waals surface area (Å²) < 4.78 is 0. The van der Waals surface area contributed by atoms with Crippen LogP contribution < -0.4 is 27.8 Å². The molecule has 170 valence electrons. The summed E-state index contributed by atoms with van der Waals surface area (Å²) in [4.78, 5) is 29.1. The highest BCUT2D eigenvalue weighted by Gasteiger charge is 2.31. The van der Waals surface area contributed by atoms with E-state index < -0.39 is 11.6 Å². The second-order valence-corrected chi connectivity index (χ2v) is 8.68. The molecule has 0 unspecified atom stereocenters. The van der Waals surface area contributed by atoms with E-state index in [9.17, 15) is 9.59 Å². The predicted molar refractivity (Wildman–Crippen MR) is 119 cm³/mol. The van der Waals surface area contributed by atoms with Crippen LogP contribution in [0.4, 0.5) is 0 Å². The Morgan fingerprint density at radius 3 is 2.10 bits per heavy atom. The van der Waals surface area contributed by atoms with E-state index in [2.05, 4.69) is 36.2 Å². The van der Waals surface area contributed by atoms with E-state index in [0.29, 0.717) is 19.4 Å². The summed E-state index contributed by atoms with van der Waals surface area (Å²) in [5.74, 6) is -0.823. The molecule has 0 aliphatic carbocycles. The zero-order chi connectivity index (χ0) is 23.3. The van der Waals surface area contributed by atoms with Gasteiger partial charge in [0.25, 0.3) is 0 Å². The number of nitrogens with zero attached hydrogens (tertiary/aromatic N) is 1. The first-order valence-corrected chi connectivity index (χ1v) is 9.87. The van der Waals surface area contributed by atoms with Gasteiger partial charge < -0.3 is 32.7 Å². The number of hydrogen-bond acceptors (Lipinski definition) is 5. The zero-order valence-corrected chi connectivity index (χ0v) is 19.2. The van der Waals surface area contributed by atoms with Crippen LogP contribution in [-0.4, -0.2) is 42.5 Å². The molecule has 0 spiro atoms. The highest BCUT2D eigenvalue weighted by atomic mass is 16.6. The van der Waals surface area contributed by atoms with Crippen LogP contribution in [0, 0.1) is 5.41 Å². The summed E-state index contributed by atoms with van der Waals surface area (Å²) in [5.41, 5.74) is 16.2. The topological polar surface area (TPSA) is 158 Å². The minimum Gasteiger partial charge on any atom is -0.387 e. The van der Waals surface area contributed by atoms with Gasteiger partial charge in [-0.1, -0.05) is 39.7 Å². The number of carbonyl (C=O) groups is 2. The van der Waals surface area contributed by atoms with Gasteiger partial charge in [-0.15, -0.1) is 6.58 Å². The van der Waals surface area contributed by atoms with Crippen LogP contribution in [0.1, 0.15) is 67.7 Å². The van der Waals surface area contributed by atoms with Crippen molar-refractivity contribution < 1.29 is 14.4 Å². The fourth-order valence-electron chi connectivity index (χ4n) is 2.59. The minimum absolute atomic E-state index is 0.132. The van der Waals surface area contributed by atoms with Crippen molar-refractivity contribution in [3.8, 4) is 0 Å². The number of nitrogens with two attached hydrogens (primary N) is 3. The summed E-state index contributed by atoms with van der Waals surface area (Å²) in [5, 5.41) is 8.89. The third-order valence-corrected chi connectivity index (χ3v) is 3.39. The number of hydrogen-bond donors (Lipinski definition) is 5. The van der Waals surface area contributed by atoms with Gasteiger partial charge in [0.2, 0.25) is 17.8 Å². The molecule has 0 bridgehead atoms. The Morgan fingerprint density at radius 1 is 1.14 bits per heavy atom. The van der Waals surface area contributed by atoms with Crippen molar-refractivity contribution in [3.63, 3.8) is 0 Å². The molecule has 0 fully saturated rings. The van der Waals surface area contributed by atoms with Gasteiger partial charge in [-0.25, -0.2) is 0 Å². The molecule has 0 radical (unpaired) electrons. The third kappa shape index (κ3) is 17.5. The minimum atomic E-state index is -0.703. The average Bonchev–Trinajstić information content (AvgIpc) is 2.55. The van der Waals surface area contributed by atoms with E-state index in [4.69, 9.17) is 22.0 Å². The van der Waals surface area contributed by atoms with Crippen molar-refractivity contribution in [3.05, 3.63) is 12.2 Å². The van der Waals surface area contributed by atoms with Crippen molar-refractivity contribution in [1.82, 2.24) is 10.6 Å². The molecule has 2 amide bonds. The van der Waals surface area contributed by atoms with E-state index in [-0.39, 0.29) is 29.7 Å². The molecule has 9 heteroatoms. The van der Waals surface area contributed by atoms with E-state index in [1.165, 1.54) is 6.42 Å². The normalized spacial score (nSPS) is 12.0. The molecule has 0 saturated carbocycles. The number of guanidine groups is 1. The molecular weight excluding hydrogens is 372 g/mol. The van der Waals surface area contributed by atoms with E-state index >= 15 is 0 Å². The Hall–Kier alpha value is -2.29. The van der Waals surface area contributed by atoms with Crippen molar-refractivity contribution in [1.29, 1.82) is 0 Å². The molecule has 8 N–H and O–H groups in total. The first-order chi connectivity index (χ1) is 13.2. The number of carbonyl (C=O) groups excluding carboxylic acids is 2. The molecule has 0 aromatic carbocycles. The first kappa shape index (κ1) is 28.9. The number of oxime groups is 1. The van der Waals surface area contributed by atoms with Crippen LogP contribution in [0.5, 0.6) is 0 Å². The molecule has 1 atom stereocenters. The summed E-state index contributed by atoms with van der Waals surface area (Å²) in [6.45, 7) is 17.7. The number of amides is 2. The maximum atomic E-state index is 11.9. The monoisotopic (exact) mass is 414 g/mol. The highest BCUT2D eigenvalue weighted by molar-refractivity contribution is 5.87. The van der Waals surface area contributed by atoms with E-state index in [1.807, 2.05) is 27.7 Å². The van der Waals surface area contributed by atoms with Crippen LogP contribution in [0.25, 0.3) is 0 Å². The Balaban J connectivity index is 0. The van der Waals surface area contributed by atoms with Gasteiger partial charge in [-0.2, -0.15) is 0 Å². The van der Waals surface area contributed by atoms with Crippen LogP contribution in [0.15, 0.2) is 17.3 Å². The molecule has 0 saturated heterocycles. The fourth-order valence-corrected chi connectivity index (χ4v) is 2.59. The zero-order valence-electron chi connectivity index (χ0n) is 19.2. The molecular formula is C20H42N6O3. The molecule has 0 aliphatic rings. The Morgan fingerprint density at radius 2 is 1.66 bits per heavy atom. The van der Waals surface area contributed by atoms with Gasteiger partial charge >= 0.3 is 0 Å². The molecule has 9 nitrogen and oxygen atoms in total. The van der Waals surface area contributed by atoms with Gasteiger partial charge in [-0.05, 0) is 44.2 Å². The summed E-state index contributed by atoms with van der Waals surface area (Å²) in [6, 6.07) is -0.703. The summed E-state index contributed by atoms with van der Waals surface area (Å²) in [7, 11) is 0. The smallest absolute Gasteiger partial charge is 0.239 e. The predicted octanol–water partition coefficient (Wildman–Crippen LogP) is 1.33. The molecule has 29 heavy (non-hydrogen) atoms. The summed E-state index contributed by atoms with van der Waals surface area (Å²) >= 11 is 0. The van der Waals surface area contributed by atoms with E-state index in [0.717, 1.165) is 5.57 Å². The maximum absolute atomic E-state index is 11.9. The second kappa shape index (κ2) is 13.8. The fraction of sp³-hybridized carbons (Fsp3) is 0.750. The highest BCUT2D eigenvalue weighted by Crippen LogP contribution is 2.29. The van der Waals surface area contributed by atoms with Crippen molar-refractivity contribution in [2.75, 3.05) is 13.1 Å². The van der Waals surface area contributed by atoms with Crippen LogP contribution in [0.3, 0.4) is 0 Å². The van der Waals surface area contributed by atoms with Crippen LogP contribution >= 0.6 is 0 Å². The number of rotatable bonds is 11. The van der Waals surface area contributed by atoms with Crippen LogP contribution in [-0.2, 0) is 14.4 Å². The van der Waals surface area contributed by atoms with Gasteiger partial charge in [0, 0.05) is 6.54 Å². The maximum Gasteiger partial charge on any atom is 0.239 e. The summed E-state index contributed by atoms with van der Waals surface area (Å²) in [6.07, 6.45) is 2.22.